The van der Waals surface area contributed by atoms with Crippen molar-refractivity contribution in [3.8, 4) is 17.6 Å². The number of nitrogens with one attached hydrogen (secondary N) is 1. The van der Waals surface area contributed by atoms with Gasteiger partial charge in [0.25, 0.3) is 5.91 Å². The molecule has 0 spiro atoms. The predicted molar refractivity (Wildman–Crippen MR) is 117 cm³/mol. The summed E-state index contributed by atoms with van der Waals surface area (Å²) in [5.74, 6) is 0.895. The van der Waals surface area contributed by atoms with Gasteiger partial charge < -0.3 is 14.8 Å². The molecular formula is C25H22N2O3. The van der Waals surface area contributed by atoms with Crippen LogP contribution in [0.15, 0.2) is 84.4 Å². The summed E-state index contributed by atoms with van der Waals surface area (Å²) in [5.41, 5.74) is 2.39. The lowest BCUT2D eigenvalue weighted by atomic mass is 10.1. The van der Waals surface area contributed by atoms with Crippen LogP contribution in [0.25, 0.3) is 6.08 Å². The van der Waals surface area contributed by atoms with E-state index in [2.05, 4.69) is 5.32 Å². The van der Waals surface area contributed by atoms with Gasteiger partial charge in [0, 0.05) is 11.8 Å². The zero-order valence-electron chi connectivity index (χ0n) is 16.7. The number of benzene rings is 3. The highest BCUT2D eigenvalue weighted by Crippen LogP contribution is 2.19. The molecule has 0 radical (unpaired) electrons. The van der Waals surface area contributed by atoms with E-state index in [0.717, 1.165) is 11.1 Å². The quantitative estimate of drug-likeness (QED) is 0.418. The molecule has 0 aromatic heterocycles. The topological polar surface area (TPSA) is 71.3 Å². The Morgan fingerprint density at radius 2 is 1.73 bits per heavy atom. The molecule has 5 nitrogen and oxygen atoms in total. The first-order chi connectivity index (χ1) is 14.7. The van der Waals surface area contributed by atoms with E-state index in [0.29, 0.717) is 30.4 Å². The minimum Gasteiger partial charge on any atom is -0.494 e. The molecule has 3 aromatic rings. The number of hydrogen-bond acceptors (Lipinski definition) is 4. The van der Waals surface area contributed by atoms with Gasteiger partial charge in [0.05, 0.1) is 6.61 Å². The molecule has 150 valence electrons. The van der Waals surface area contributed by atoms with Crippen molar-refractivity contribution in [3.05, 3.63) is 95.6 Å². The molecule has 3 rings (SSSR count). The van der Waals surface area contributed by atoms with E-state index in [9.17, 15) is 10.1 Å². The van der Waals surface area contributed by atoms with Gasteiger partial charge in [-0.25, -0.2) is 0 Å². The summed E-state index contributed by atoms with van der Waals surface area (Å²) in [6.07, 6.45) is 1.54. The number of hydrogen-bond donors (Lipinski definition) is 1. The first kappa shape index (κ1) is 20.7. The van der Waals surface area contributed by atoms with Gasteiger partial charge >= 0.3 is 0 Å². The van der Waals surface area contributed by atoms with Gasteiger partial charge in [0.15, 0.2) is 0 Å². The van der Waals surface area contributed by atoms with Crippen molar-refractivity contribution in [2.75, 3.05) is 11.9 Å². The molecule has 0 fully saturated rings. The van der Waals surface area contributed by atoms with Crippen LogP contribution in [0, 0.1) is 11.3 Å². The Hall–Kier alpha value is -4.04. The lowest BCUT2D eigenvalue weighted by molar-refractivity contribution is -0.112. The Balaban J connectivity index is 1.64. The third-order valence-corrected chi connectivity index (χ3v) is 4.21. The molecule has 1 N–H and O–H groups in total. The number of anilines is 1. The standard InChI is InChI=1S/C25H22N2O3/c1-2-29-24-10-6-9-22(16-24)27-25(28)21(17-26)15-19-11-13-23(14-12-19)30-18-20-7-4-3-5-8-20/h3-16H,2,18H2,1H3,(H,27,28)/b21-15-. The van der Waals surface area contributed by atoms with Gasteiger partial charge in [-0.3, -0.25) is 4.79 Å². The lowest BCUT2D eigenvalue weighted by Crippen LogP contribution is -2.13. The molecule has 3 aromatic carbocycles. The second kappa shape index (κ2) is 10.5. The number of nitriles is 1. The monoisotopic (exact) mass is 398 g/mol. The molecule has 0 saturated carbocycles. The second-order valence-electron chi connectivity index (χ2n) is 6.43. The van der Waals surface area contributed by atoms with E-state index >= 15 is 0 Å². The highest BCUT2D eigenvalue weighted by molar-refractivity contribution is 6.09. The summed E-state index contributed by atoms with van der Waals surface area (Å²) in [4.78, 5) is 12.5. The van der Waals surface area contributed by atoms with Crippen LogP contribution < -0.4 is 14.8 Å². The maximum absolute atomic E-state index is 12.5. The predicted octanol–water partition coefficient (Wildman–Crippen LogP) is 5.21. The van der Waals surface area contributed by atoms with Gasteiger partial charge in [0.2, 0.25) is 0 Å². The molecule has 0 bridgehead atoms. The molecule has 0 heterocycles. The van der Waals surface area contributed by atoms with Crippen molar-refractivity contribution in [3.63, 3.8) is 0 Å². The Bertz CT molecular complexity index is 1050. The average Bonchev–Trinajstić information content (AvgIpc) is 2.78. The van der Waals surface area contributed by atoms with Crippen LogP contribution >= 0.6 is 0 Å². The molecule has 0 saturated heterocycles. The molecule has 30 heavy (non-hydrogen) atoms. The van der Waals surface area contributed by atoms with Crippen molar-refractivity contribution >= 4 is 17.7 Å². The van der Waals surface area contributed by atoms with Crippen molar-refractivity contribution in [2.24, 2.45) is 0 Å². The van der Waals surface area contributed by atoms with Crippen LogP contribution in [-0.2, 0) is 11.4 Å². The van der Waals surface area contributed by atoms with Crippen LogP contribution in [0.5, 0.6) is 11.5 Å². The van der Waals surface area contributed by atoms with E-state index < -0.39 is 5.91 Å². The van der Waals surface area contributed by atoms with Crippen LogP contribution in [0.2, 0.25) is 0 Å². The van der Waals surface area contributed by atoms with Crippen molar-refractivity contribution < 1.29 is 14.3 Å². The summed E-state index contributed by atoms with van der Waals surface area (Å²) in [5, 5.41) is 12.1. The van der Waals surface area contributed by atoms with Gasteiger partial charge in [-0.05, 0) is 48.4 Å². The van der Waals surface area contributed by atoms with Gasteiger partial charge in [-0.1, -0.05) is 48.5 Å². The van der Waals surface area contributed by atoms with Gasteiger partial charge in [-0.15, -0.1) is 0 Å². The fourth-order valence-electron chi connectivity index (χ4n) is 2.75. The summed E-state index contributed by atoms with van der Waals surface area (Å²) in [6, 6.07) is 26.1. The largest absolute Gasteiger partial charge is 0.494 e. The third kappa shape index (κ3) is 5.98. The van der Waals surface area contributed by atoms with E-state index in [1.165, 1.54) is 0 Å². The Labute approximate surface area is 176 Å². The van der Waals surface area contributed by atoms with Crippen molar-refractivity contribution in [1.29, 1.82) is 5.26 Å². The number of amides is 1. The van der Waals surface area contributed by atoms with Gasteiger partial charge in [0.1, 0.15) is 29.7 Å². The molecule has 0 unspecified atom stereocenters. The number of carbonyl (C=O) groups is 1. The first-order valence-corrected chi connectivity index (χ1v) is 9.60. The fourth-order valence-corrected chi connectivity index (χ4v) is 2.75. The Morgan fingerprint density at radius 3 is 2.43 bits per heavy atom. The van der Waals surface area contributed by atoms with Crippen molar-refractivity contribution in [1.82, 2.24) is 0 Å². The van der Waals surface area contributed by atoms with Crippen LogP contribution in [0.1, 0.15) is 18.1 Å². The summed E-state index contributed by atoms with van der Waals surface area (Å²) in [7, 11) is 0. The minimum absolute atomic E-state index is 0.00904. The van der Waals surface area contributed by atoms with E-state index in [-0.39, 0.29) is 5.57 Å². The molecule has 5 heteroatoms. The second-order valence-corrected chi connectivity index (χ2v) is 6.43. The molecule has 1 amide bonds. The Morgan fingerprint density at radius 1 is 0.967 bits per heavy atom. The van der Waals surface area contributed by atoms with E-state index in [1.54, 1.807) is 36.4 Å². The summed E-state index contributed by atoms with van der Waals surface area (Å²) in [6.45, 7) is 2.90. The third-order valence-electron chi connectivity index (χ3n) is 4.21. The maximum atomic E-state index is 12.5. The van der Waals surface area contributed by atoms with E-state index in [1.807, 2.05) is 61.5 Å². The SMILES string of the molecule is CCOc1cccc(NC(=O)/C(C#N)=C\c2ccc(OCc3ccccc3)cc2)c1. The van der Waals surface area contributed by atoms with Crippen molar-refractivity contribution in [2.45, 2.75) is 13.5 Å². The molecule has 0 aliphatic carbocycles. The number of ether oxygens (including phenoxy) is 2. The summed E-state index contributed by atoms with van der Waals surface area (Å²) >= 11 is 0. The summed E-state index contributed by atoms with van der Waals surface area (Å²) < 4.78 is 11.2. The van der Waals surface area contributed by atoms with Crippen LogP contribution in [-0.4, -0.2) is 12.5 Å². The normalized spacial score (nSPS) is 10.7. The Kier molecular flexibility index (Phi) is 7.23. The number of rotatable bonds is 8. The number of carbonyl (C=O) groups excluding carboxylic acids is 1. The first-order valence-electron chi connectivity index (χ1n) is 9.60. The smallest absolute Gasteiger partial charge is 0.266 e. The van der Waals surface area contributed by atoms with Crippen LogP contribution in [0.4, 0.5) is 5.69 Å². The zero-order chi connectivity index (χ0) is 21.2. The highest BCUT2D eigenvalue weighted by atomic mass is 16.5. The maximum Gasteiger partial charge on any atom is 0.266 e. The average molecular weight is 398 g/mol. The minimum atomic E-state index is -0.476. The molecule has 0 aliphatic rings. The van der Waals surface area contributed by atoms with Gasteiger partial charge in [-0.2, -0.15) is 5.26 Å². The molecule has 0 aliphatic heterocycles. The fraction of sp³-hybridized carbons (Fsp3) is 0.120. The number of nitrogens with zero attached hydrogens (tertiary/aromatic N) is 1. The molecular weight excluding hydrogens is 376 g/mol. The highest BCUT2D eigenvalue weighted by Gasteiger charge is 2.10. The lowest BCUT2D eigenvalue weighted by Gasteiger charge is -2.08. The van der Waals surface area contributed by atoms with Crippen LogP contribution in [0.3, 0.4) is 0 Å². The zero-order valence-corrected chi connectivity index (χ0v) is 16.7. The van der Waals surface area contributed by atoms with E-state index in [4.69, 9.17) is 9.47 Å². The molecule has 0 atom stereocenters.